The van der Waals surface area contributed by atoms with Gasteiger partial charge >= 0.3 is 0 Å². The fraction of sp³-hybridized carbons (Fsp3) is 0.200. The molecule has 0 aliphatic rings. The number of hydrogen-bond donors (Lipinski definition) is 0. The predicted octanol–water partition coefficient (Wildman–Crippen LogP) is 4.17. The van der Waals surface area contributed by atoms with Crippen molar-refractivity contribution in [2.45, 2.75) is 18.0 Å². The molecule has 0 aromatic heterocycles. The van der Waals surface area contributed by atoms with E-state index in [-0.39, 0.29) is 4.90 Å². The molecule has 0 amide bonds. The van der Waals surface area contributed by atoms with E-state index in [1.54, 1.807) is 36.4 Å². The second-order valence-electron chi connectivity index (χ2n) is 4.57. The number of benzene rings is 2. The molecule has 0 fully saturated rings. The summed E-state index contributed by atoms with van der Waals surface area (Å²) in [5.41, 5.74) is 1.30. The highest BCUT2D eigenvalue weighted by Crippen LogP contribution is 2.23. The van der Waals surface area contributed by atoms with Gasteiger partial charge < -0.3 is 0 Å². The van der Waals surface area contributed by atoms with Gasteiger partial charge in [-0.1, -0.05) is 45.8 Å². The van der Waals surface area contributed by atoms with Gasteiger partial charge in [-0.15, -0.1) is 0 Å². The second kappa shape index (κ2) is 6.68. The van der Waals surface area contributed by atoms with Gasteiger partial charge in [0.25, 0.3) is 10.1 Å². The van der Waals surface area contributed by atoms with Gasteiger partial charge in [0.15, 0.2) is 0 Å². The van der Waals surface area contributed by atoms with E-state index in [0.717, 1.165) is 10.0 Å². The Bertz CT molecular complexity index is 714. The quantitative estimate of drug-likeness (QED) is 0.739. The summed E-state index contributed by atoms with van der Waals surface area (Å²) in [5.74, 6) is 0. The SMILES string of the molecule is Cc1ccc(S(=O)(=O)OCC(F)c2cccc(Br)c2)cc1. The van der Waals surface area contributed by atoms with Gasteiger partial charge in [0.2, 0.25) is 0 Å². The molecule has 112 valence electrons. The number of alkyl halides is 1. The Hall–Kier alpha value is -1.24. The average molecular weight is 373 g/mol. The minimum absolute atomic E-state index is 0.0227. The third-order valence-electron chi connectivity index (χ3n) is 2.89. The molecule has 0 aliphatic heterocycles. The van der Waals surface area contributed by atoms with Crippen molar-refractivity contribution in [1.29, 1.82) is 0 Å². The topological polar surface area (TPSA) is 43.4 Å². The normalized spacial score (nSPS) is 13.1. The zero-order valence-corrected chi connectivity index (χ0v) is 13.7. The van der Waals surface area contributed by atoms with Crippen LogP contribution in [0, 0.1) is 6.92 Å². The summed E-state index contributed by atoms with van der Waals surface area (Å²) >= 11 is 3.24. The van der Waals surface area contributed by atoms with E-state index in [4.69, 9.17) is 4.18 Å². The van der Waals surface area contributed by atoms with E-state index in [2.05, 4.69) is 15.9 Å². The molecule has 2 aromatic rings. The van der Waals surface area contributed by atoms with Crippen molar-refractivity contribution >= 4 is 26.0 Å². The van der Waals surface area contributed by atoms with Crippen molar-refractivity contribution in [3.05, 3.63) is 64.1 Å². The van der Waals surface area contributed by atoms with Crippen LogP contribution in [0.4, 0.5) is 4.39 Å². The van der Waals surface area contributed by atoms with Gasteiger partial charge in [-0.05, 0) is 36.8 Å². The Morgan fingerprint density at radius 1 is 1.19 bits per heavy atom. The van der Waals surface area contributed by atoms with Crippen molar-refractivity contribution in [3.63, 3.8) is 0 Å². The van der Waals surface area contributed by atoms with Crippen molar-refractivity contribution in [3.8, 4) is 0 Å². The standard InChI is InChI=1S/C15H14BrFO3S/c1-11-5-7-14(8-6-11)21(18,19)20-10-15(17)12-3-2-4-13(16)9-12/h2-9,15H,10H2,1H3. The molecule has 0 radical (unpaired) electrons. The van der Waals surface area contributed by atoms with E-state index in [0.29, 0.717) is 5.56 Å². The van der Waals surface area contributed by atoms with Gasteiger partial charge in [0.05, 0.1) is 4.90 Å². The zero-order valence-electron chi connectivity index (χ0n) is 11.3. The smallest absolute Gasteiger partial charge is 0.263 e. The minimum Gasteiger partial charge on any atom is -0.263 e. The third-order valence-corrected chi connectivity index (χ3v) is 4.68. The highest BCUT2D eigenvalue weighted by atomic mass is 79.9. The third kappa shape index (κ3) is 4.36. The van der Waals surface area contributed by atoms with Gasteiger partial charge in [-0.25, -0.2) is 4.39 Å². The fourth-order valence-corrected chi connectivity index (χ4v) is 3.04. The molecule has 6 heteroatoms. The summed E-state index contributed by atoms with van der Waals surface area (Å²) < 4.78 is 43.4. The first kappa shape index (κ1) is 16.1. The van der Waals surface area contributed by atoms with E-state index >= 15 is 0 Å². The van der Waals surface area contributed by atoms with Crippen molar-refractivity contribution < 1.29 is 17.0 Å². The van der Waals surface area contributed by atoms with Crippen molar-refractivity contribution in [2.75, 3.05) is 6.61 Å². The summed E-state index contributed by atoms with van der Waals surface area (Å²) in [6.45, 7) is 1.30. The number of halogens is 2. The lowest BCUT2D eigenvalue weighted by molar-refractivity contribution is 0.203. The molecule has 1 unspecified atom stereocenters. The molecule has 0 aliphatic carbocycles. The Morgan fingerprint density at radius 3 is 2.48 bits per heavy atom. The van der Waals surface area contributed by atoms with Gasteiger partial charge in [-0.2, -0.15) is 8.42 Å². The van der Waals surface area contributed by atoms with E-state index in [9.17, 15) is 12.8 Å². The zero-order chi connectivity index (χ0) is 15.5. The molecule has 1 atom stereocenters. The van der Waals surface area contributed by atoms with Gasteiger partial charge in [0.1, 0.15) is 12.8 Å². The van der Waals surface area contributed by atoms with Gasteiger partial charge in [-0.3, -0.25) is 4.18 Å². The summed E-state index contributed by atoms with van der Waals surface area (Å²) in [6, 6.07) is 12.8. The molecule has 3 nitrogen and oxygen atoms in total. The summed E-state index contributed by atoms with van der Waals surface area (Å²) in [4.78, 5) is 0.0227. The maximum Gasteiger partial charge on any atom is 0.297 e. The Kier molecular flexibility index (Phi) is 5.13. The molecule has 0 N–H and O–H groups in total. The second-order valence-corrected chi connectivity index (χ2v) is 7.11. The van der Waals surface area contributed by atoms with Crippen LogP contribution in [-0.4, -0.2) is 15.0 Å². The van der Waals surface area contributed by atoms with Crippen LogP contribution in [0.25, 0.3) is 0 Å². The highest BCUT2D eigenvalue weighted by Gasteiger charge is 2.19. The van der Waals surface area contributed by atoms with E-state index < -0.39 is 22.9 Å². The molecule has 0 spiro atoms. The fourth-order valence-electron chi connectivity index (χ4n) is 1.72. The molecule has 2 aromatic carbocycles. The first-order chi connectivity index (χ1) is 9.88. The largest absolute Gasteiger partial charge is 0.297 e. The van der Waals surface area contributed by atoms with Crippen molar-refractivity contribution in [2.24, 2.45) is 0 Å². The maximum atomic E-state index is 14.0. The van der Waals surface area contributed by atoms with E-state index in [1.807, 2.05) is 6.92 Å². The molecule has 0 heterocycles. The number of hydrogen-bond acceptors (Lipinski definition) is 3. The Balaban J connectivity index is 2.06. The van der Waals surface area contributed by atoms with Crippen molar-refractivity contribution in [1.82, 2.24) is 0 Å². The molecule has 0 saturated carbocycles. The first-order valence-corrected chi connectivity index (χ1v) is 8.44. The average Bonchev–Trinajstić information content (AvgIpc) is 2.45. The Labute approximate surface area is 132 Å². The molecular weight excluding hydrogens is 359 g/mol. The molecule has 0 bridgehead atoms. The van der Waals surface area contributed by atoms with Crippen LogP contribution in [0.3, 0.4) is 0 Å². The van der Waals surface area contributed by atoms with Crippen LogP contribution in [0.15, 0.2) is 57.9 Å². The van der Waals surface area contributed by atoms with Gasteiger partial charge in [0, 0.05) is 4.47 Å². The maximum absolute atomic E-state index is 14.0. The lowest BCUT2D eigenvalue weighted by Crippen LogP contribution is -2.11. The molecule has 2 rings (SSSR count). The predicted molar refractivity (Wildman–Crippen MR) is 82.3 cm³/mol. The number of aryl methyl sites for hydroxylation is 1. The minimum atomic E-state index is -3.94. The summed E-state index contributed by atoms with van der Waals surface area (Å²) in [7, 11) is -3.94. The first-order valence-electron chi connectivity index (χ1n) is 6.24. The Morgan fingerprint density at radius 2 is 1.86 bits per heavy atom. The lowest BCUT2D eigenvalue weighted by Gasteiger charge is -2.10. The molecular formula is C15H14BrFO3S. The van der Waals surface area contributed by atoms with Crippen LogP contribution >= 0.6 is 15.9 Å². The highest BCUT2D eigenvalue weighted by molar-refractivity contribution is 9.10. The van der Waals surface area contributed by atoms with Crippen LogP contribution in [-0.2, 0) is 14.3 Å². The van der Waals surface area contributed by atoms with Crippen LogP contribution in [0.2, 0.25) is 0 Å². The van der Waals surface area contributed by atoms with Crippen LogP contribution in [0.1, 0.15) is 17.3 Å². The molecule has 0 saturated heterocycles. The summed E-state index contributed by atoms with van der Waals surface area (Å²) in [6.07, 6.45) is -1.51. The van der Waals surface area contributed by atoms with E-state index in [1.165, 1.54) is 12.1 Å². The number of rotatable bonds is 5. The van der Waals surface area contributed by atoms with Crippen LogP contribution < -0.4 is 0 Å². The monoisotopic (exact) mass is 372 g/mol. The van der Waals surface area contributed by atoms with Crippen LogP contribution in [0.5, 0.6) is 0 Å². The molecule has 21 heavy (non-hydrogen) atoms. The lowest BCUT2D eigenvalue weighted by atomic mass is 10.1. The summed E-state index contributed by atoms with van der Waals surface area (Å²) in [5, 5.41) is 0.